The fourth-order valence-electron chi connectivity index (χ4n) is 5.85. The predicted octanol–water partition coefficient (Wildman–Crippen LogP) is 3.65. The van der Waals surface area contributed by atoms with E-state index in [4.69, 9.17) is 0 Å². The van der Waals surface area contributed by atoms with E-state index in [9.17, 15) is 4.79 Å². The van der Waals surface area contributed by atoms with Crippen molar-refractivity contribution in [2.24, 2.45) is 23.7 Å². The van der Waals surface area contributed by atoms with Crippen LogP contribution in [0.5, 0.6) is 0 Å². The molecule has 1 saturated heterocycles. The summed E-state index contributed by atoms with van der Waals surface area (Å²) in [6.07, 6.45) is 13.1. The van der Waals surface area contributed by atoms with Crippen LogP contribution in [0.15, 0.2) is 0 Å². The topological polar surface area (TPSA) is 20.3 Å². The molecular formula is C18H29NO. The van der Waals surface area contributed by atoms with E-state index in [1.54, 1.807) is 0 Å². The molecule has 0 aromatic rings. The number of Topliss-reactive ketones (excluding diaryl/α,β-unsaturated/α-hetero) is 1. The van der Waals surface area contributed by atoms with Crippen LogP contribution in [0.3, 0.4) is 0 Å². The van der Waals surface area contributed by atoms with E-state index in [2.05, 4.69) is 4.90 Å². The minimum atomic E-state index is 0.393. The Hall–Kier alpha value is -0.370. The van der Waals surface area contributed by atoms with Crippen molar-refractivity contribution in [3.05, 3.63) is 0 Å². The Morgan fingerprint density at radius 3 is 2.70 bits per heavy atom. The van der Waals surface area contributed by atoms with Crippen LogP contribution in [0.4, 0.5) is 0 Å². The summed E-state index contributed by atoms with van der Waals surface area (Å²) in [6.45, 7) is 2.58. The molecule has 0 aromatic carbocycles. The summed E-state index contributed by atoms with van der Waals surface area (Å²) < 4.78 is 0. The number of carbonyl (C=O) groups excluding carboxylic acids is 1. The molecule has 0 aromatic heterocycles. The fraction of sp³-hybridized carbons (Fsp3) is 0.944. The highest BCUT2D eigenvalue weighted by atomic mass is 16.1. The van der Waals surface area contributed by atoms with E-state index >= 15 is 0 Å². The Bertz CT molecular complexity index is 380. The number of hydrogen-bond acceptors (Lipinski definition) is 2. The highest BCUT2D eigenvalue weighted by molar-refractivity contribution is 5.82. The zero-order valence-corrected chi connectivity index (χ0v) is 12.7. The first-order valence-electron chi connectivity index (χ1n) is 9.08. The largest absolute Gasteiger partial charge is 0.299 e. The van der Waals surface area contributed by atoms with E-state index in [1.165, 1.54) is 64.5 Å². The summed E-state index contributed by atoms with van der Waals surface area (Å²) in [7, 11) is 0. The number of carbonyl (C=O) groups is 1. The summed E-state index contributed by atoms with van der Waals surface area (Å²) in [5.41, 5.74) is 0. The van der Waals surface area contributed by atoms with E-state index in [-0.39, 0.29) is 0 Å². The van der Waals surface area contributed by atoms with Crippen LogP contribution < -0.4 is 0 Å². The smallest absolute Gasteiger partial charge is 0.137 e. The van der Waals surface area contributed by atoms with Crippen LogP contribution in [0, 0.1) is 23.7 Å². The van der Waals surface area contributed by atoms with Crippen LogP contribution in [0.25, 0.3) is 0 Å². The average molecular weight is 275 g/mol. The summed E-state index contributed by atoms with van der Waals surface area (Å²) in [5, 5.41) is 0. The van der Waals surface area contributed by atoms with E-state index in [0.717, 1.165) is 30.6 Å². The third kappa shape index (κ3) is 2.34. The predicted molar refractivity (Wildman–Crippen MR) is 80.5 cm³/mol. The van der Waals surface area contributed by atoms with Gasteiger partial charge in [0, 0.05) is 24.9 Å². The van der Waals surface area contributed by atoms with Crippen LogP contribution in [0.1, 0.15) is 64.2 Å². The maximum Gasteiger partial charge on any atom is 0.137 e. The molecular weight excluding hydrogens is 246 g/mol. The van der Waals surface area contributed by atoms with Crippen molar-refractivity contribution in [1.82, 2.24) is 4.90 Å². The number of nitrogens with zero attached hydrogens (tertiary/aromatic N) is 1. The van der Waals surface area contributed by atoms with Crippen molar-refractivity contribution in [2.45, 2.75) is 70.3 Å². The van der Waals surface area contributed by atoms with Gasteiger partial charge in [0.2, 0.25) is 0 Å². The van der Waals surface area contributed by atoms with Gasteiger partial charge in [-0.05, 0) is 69.2 Å². The maximum atomic E-state index is 12.3. The van der Waals surface area contributed by atoms with Gasteiger partial charge in [0.25, 0.3) is 0 Å². The Labute approximate surface area is 123 Å². The van der Waals surface area contributed by atoms with Gasteiger partial charge in [-0.2, -0.15) is 0 Å². The summed E-state index contributed by atoms with van der Waals surface area (Å²) >= 11 is 0. The van der Waals surface area contributed by atoms with E-state index < -0.39 is 0 Å². The molecule has 4 aliphatic rings. The van der Waals surface area contributed by atoms with Gasteiger partial charge >= 0.3 is 0 Å². The molecule has 0 N–H and O–H groups in total. The molecule has 5 atom stereocenters. The molecule has 0 amide bonds. The number of fused-ring (bicyclic) bond motifs is 2. The lowest BCUT2D eigenvalue weighted by Crippen LogP contribution is -2.43. The van der Waals surface area contributed by atoms with Crippen LogP contribution >= 0.6 is 0 Å². The number of likely N-dealkylation sites (tertiary alicyclic amines) is 1. The monoisotopic (exact) mass is 275 g/mol. The van der Waals surface area contributed by atoms with Crippen molar-refractivity contribution in [3.8, 4) is 0 Å². The van der Waals surface area contributed by atoms with Crippen molar-refractivity contribution in [2.75, 3.05) is 13.1 Å². The molecule has 3 aliphatic carbocycles. The first kappa shape index (κ1) is 13.3. The minimum Gasteiger partial charge on any atom is -0.299 e. The summed E-state index contributed by atoms with van der Waals surface area (Å²) in [5.74, 6) is 4.03. The number of hydrogen-bond donors (Lipinski definition) is 0. The van der Waals surface area contributed by atoms with Crippen LogP contribution in [-0.4, -0.2) is 29.8 Å². The van der Waals surface area contributed by atoms with Crippen LogP contribution in [0.2, 0.25) is 0 Å². The molecule has 1 aliphatic heterocycles. The van der Waals surface area contributed by atoms with Crippen molar-refractivity contribution >= 4 is 5.78 Å². The molecule has 2 nitrogen and oxygen atoms in total. The molecule has 112 valence electrons. The molecule has 2 heteroatoms. The molecule has 4 rings (SSSR count). The van der Waals surface area contributed by atoms with Gasteiger partial charge in [0.1, 0.15) is 5.78 Å². The van der Waals surface area contributed by atoms with Gasteiger partial charge in [0.15, 0.2) is 0 Å². The quantitative estimate of drug-likeness (QED) is 0.783. The van der Waals surface area contributed by atoms with Crippen molar-refractivity contribution in [3.63, 3.8) is 0 Å². The average Bonchev–Trinajstić information content (AvgIpc) is 3.16. The molecule has 0 radical (unpaired) electrons. The van der Waals surface area contributed by atoms with Gasteiger partial charge < -0.3 is 0 Å². The number of ketones is 1. The molecule has 2 bridgehead atoms. The molecule has 5 unspecified atom stereocenters. The van der Waals surface area contributed by atoms with Crippen molar-refractivity contribution < 1.29 is 4.79 Å². The molecule has 0 spiro atoms. The highest BCUT2D eigenvalue weighted by Crippen LogP contribution is 2.49. The fourth-order valence-corrected chi connectivity index (χ4v) is 5.85. The second-order valence-electron chi connectivity index (χ2n) is 7.96. The van der Waals surface area contributed by atoms with Gasteiger partial charge in [-0.1, -0.05) is 12.8 Å². The first-order valence-corrected chi connectivity index (χ1v) is 9.08. The van der Waals surface area contributed by atoms with E-state index in [0.29, 0.717) is 17.7 Å². The molecule has 4 fully saturated rings. The highest BCUT2D eigenvalue weighted by Gasteiger charge is 2.43. The lowest BCUT2D eigenvalue weighted by Gasteiger charge is -2.36. The molecule has 3 saturated carbocycles. The second-order valence-corrected chi connectivity index (χ2v) is 7.96. The Morgan fingerprint density at radius 2 is 1.95 bits per heavy atom. The standard InChI is InChI=1S/C18H29NO/c20-18-6-2-1-4-16(18)17-5-3-9-19(17)12-15-11-13-7-8-14(15)10-13/h13-17H,1-12H2. The molecule has 1 heterocycles. The lowest BCUT2D eigenvalue weighted by molar-refractivity contribution is -0.126. The Morgan fingerprint density at radius 1 is 1.00 bits per heavy atom. The zero-order valence-electron chi connectivity index (χ0n) is 12.7. The summed E-state index contributed by atoms with van der Waals surface area (Å²) in [4.78, 5) is 15.0. The van der Waals surface area contributed by atoms with E-state index in [1.807, 2.05) is 0 Å². The number of rotatable bonds is 3. The van der Waals surface area contributed by atoms with Crippen LogP contribution in [-0.2, 0) is 4.79 Å². The third-order valence-electron chi connectivity index (χ3n) is 6.83. The van der Waals surface area contributed by atoms with Gasteiger partial charge in [0.05, 0.1) is 0 Å². The zero-order chi connectivity index (χ0) is 13.5. The third-order valence-corrected chi connectivity index (χ3v) is 6.83. The maximum absolute atomic E-state index is 12.3. The summed E-state index contributed by atoms with van der Waals surface area (Å²) in [6, 6.07) is 0.613. The minimum absolute atomic E-state index is 0.393. The Balaban J connectivity index is 1.40. The molecule has 20 heavy (non-hydrogen) atoms. The van der Waals surface area contributed by atoms with Gasteiger partial charge in [-0.15, -0.1) is 0 Å². The van der Waals surface area contributed by atoms with Gasteiger partial charge in [-0.25, -0.2) is 0 Å². The normalized spacial score (nSPS) is 45.4. The first-order chi connectivity index (χ1) is 9.81. The Kier molecular flexibility index (Phi) is 3.62. The SMILES string of the molecule is O=C1CCCCC1C1CCCN1CC1CC2CCC1C2. The lowest BCUT2D eigenvalue weighted by atomic mass is 9.81. The second kappa shape index (κ2) is 5.44. The van der Waals surface area contributed by atoms with Gasteiger partial charge in [-0.3, -0.25) is 9.69 Å². The van der Waals surface area contributed by atoms with Crippen molar-refractivity contribution in [1.29, 1.82) is 0 Å².